The molecule has 0 unspecified atom stereocenters. The van der Waals surface area contributed by atoms with Gasteiger partial charge in [0.25, 0.3) is 5.91 Å². The van der Waals surface area contributed by atoms with Crippen molar-refractivity contribution >= 4 is 27.5 Å². The van der Waals surface area contributed by atoms with E-state index in [0.29, 0.717) is 23.6 Å². The van der Waals surface area contributed by atoms with Gasteiger partial charge >= 0.3 is 0 Å². The first-order chi connectivity index (χ1) is 11.7. The van der Waals surface area contributed by atoms with E-state index in [0.717, 1.165) is 24.1 Å². The third-order valence-corrected chi connectivity index (χ3v) is 4.50. The molecule has 4 nitrogen and oxygen atoms in total. The SMILES string of the molecule is CCN(CC)CCOc1ccccc1NC(=O)c1ccccc1Br. The summed E-state index contributed by atoms with van der Waals surface area (Å²) in [5.74, 6) is 0.521. The van der Waals surface area contributed by atoms with Crippen LogP contribution >= 0.6 is 15.9 Å². The number of benzene rings is 2. The van der Waals surface area contributed by atoms with Gasteiger partial charge in [0.15, 0.2) is 0 Å². The lowest BCUT2D eigenvalue weighted by Crippen LogP contribution is -2.28. The number of amides is 1. The van der Waals surface area contributed by atoms with E-state index in [9.17, 15) is 4.79 Å². The van der Waals surface area contributed by atoms with Gasteiger partial charge in [0.2, 0.25) is 0 Å². The van der Waals surface area contributed by atoms with Crippen molar-refractivity contribution in [3.63, 3.8) is 0 Å². The first kappa shape index (κ1) is 18.5. The van der Waals surface area contributed by atoms with Gasteiger partial charge in [-0.3, -0.25) is 4.79 Å². The number of hydrogen-bond acceptors (Lipinski definition) is 3. The fourth-order valence-electron chi connectivity index (χ4n) is 2.36. The average Bonchev–Trinajstić information content (AvgIpc) is 2.60. The molecule has 24 heavy (non-hydrogen) atoms. The zero-order valence-electron chi connectivity index (χ0n) is 14.1. The minimum atomic E-state index is -0.165. The van der Waals surface area contributed by atoms with Crippen molar-refractivity contribution in [1.82, 2.24) is 4.90 Å². The van der Waals surface area contributed by atoms with Crippen LogP contribution in [0.2, 0.25) is 0 Å². The van der Waals surface area contributed by atoms with E-state index in [1.165, 1.54) is 0 Å². The zero-order valence-corrected chi connectivity index (χ0v) is 15.7. The van der Waals surface area contributed by atoms with Crippen molar-refractivity contribution in [3.05, 3.63) is 58.6 Å². The Morgan fingerprint density at radius 3 is 2.46 bits per heavy atom. The smallest absolute Gasteiger partial charge is 0.256 e. The molecule has 0 aliphatic carbocycles. The first-order valence-corrected chi connectivity index (χ1v) is 8.95. The normalized spacial score (nSPS) is 10.7. The van der Waals surface area contributed by atoms with Crippen LogP contribution in [0.1, 0.15) is 24.2 Å². The van der Waals surface area contributed by atoms with Gasteiger partial charge in [-0.15, -0.1) is 0 Å². The zero-order chi connectivity index (χ0) is 17.4. The Hall–Kier alpha value is -1.85. The number of likely N-dealkylation sites (N-methyl/N-ethyl adjacent to an activating group) is 1. The highest BCUT2D eigenvalue weighted by Gasteiger charge is 2.12. The molecule has 5 heteroatoms. The second-order valence-electron chi connectivity index (χ2n) is 5.31. The summed E-state index contributed by atoms with van der Waals surface area (Å²) in [6.07, 6.45) is 0. The molecular formula is C19H23BrN2O2. The summed E-state index contributed by atoms with van der Waals surface area (Å²) in [4.78, 5) is 14.8. The van der Waals surface area contributed by atoms with Crippen molar-refractivity contribution in [2.45, 2.75) is 13.8 Å². The third kappa shape index (κ3) is 5.08. The van der Waals surface area contributed by atoms with Crippen LogP contribution in [0, 0.1) is 0 Å². The Morgan fingerprint density at radius 1 is 1.08 bits per heavy atom. The largest absolute Gasteiger partial charge is 0.490 e. The van der Waals surface area contributed by atoms with Gasteiger partial charge in [-0.2, -0.15) is 0 Å². The van der Waals surface area contributed by atoms with Crippen LogP contribution in [0.25, 0.3) is 0 Å². The topological polar surface area (TPSA) is 41.6 Å². The standard InChI is InChI=1S/C19H23BrN2O2/c1-3-22(4-2)13-14-24-18-12-8-7-11-17(18)21-19(23)15-9-5-6-10-16(15)20/h5-12H,3-4,13-14H2,1-2H3,(H,21,23). The number of hydrogen-bond donors (Lipinski definition) is 1. The summed E-state index contributed by atoms with van der Waals surface area (Å²) in [6.45, 7) is 7.72. The van der Waals surface area contributed by atoms with Crippen LogP contribution in [0.5, 0.6) is 5.75 Å². The molecule has 0 bridgehead atoms. The Morgan fingerprint density at radius 2 is 1.75 bits per heavy atom. The molecule has 0 fully saturated rings. The highest BCUT2D eigenvalue weighted by atomic mass is 79.9. The molecule has 2 aromatic carbocycles. The molecular weight excluding hydrogens is 368 g/mol. The number of nitrogens with zero attached hydrogens (tertiary/aromatic N) is 1. The van der Waals surface area contributed by atoms with Gasteiger partial charge < -0.3 is 15.0 Å². The summed E-state index contributed by atoms with van der Waals surface area (Å²) in [6, 6.07) is 14.9. The minimum Gasteiger partial charge on any atom is -0.490 e. The molecule has 1 amide bonds. The summed E-state index contributed by atoms with van der Waals surface area (Å²) >= 11 is 3.40. The second-order valence-corrected chi connectivity index (χ2v) is 6.16. The molecule has 2 aromatic rings. The van der Waals surface area contributed by atoms with Crippen LogP contribution in [0.4, 0.5) is 5.69 Å². The summed E-state index contributed by atoms with van der Waals surface area (Å²) in [7, 11) is 0. The number of rotatable bonds is 8. The number of ether oxygens (including phenoxy) is 1. The van der Waals surface area contributed by atoms with Gasteiger partial charge in [-0.1, -0.05) is 38.1 Å². The molecule has 2 rings (SSSR count). The lowest BCUT2D eigenvalue weighted by molar-refractivity contribution is 0.102. The van der Waals surface area contributed by atoms with E-state index in [4.69, 9.17) is 4.74 Å². The monoisotopic (exact) mass is 390 g/mol. The van der Waals surface area contributed by atoms with E-state index in [1.807, 2.05) is 42.5 Å². The lowest BCUT2D eigenvalue weighted by atomic mass is 10.2. The molecule has 0 saturated heterocycles. The Labute approximate surface area is 151 Å². The van der Waals surface area contributed by atoms with Crippen molar-refractivity contribution in [3.8, 4) is 5.75 Å². The van der Waals surface area contributed by atoms with Crippen molar-refractivity contribution < 1.29 is 9.53 Å². The lowest BCUT2D eigenvalue weighted by Gasteiger charge is -2.19. The summed E-state index contributed by atoms with van der Waals surface area (Å²) in [5.41, 5.74) is 1.27. The van der Waals surface area contributed by atoms with Gasteiger partial charge in [0, 0.05) is 11.0 Å². The van der Waals surface area contributed by atoms with E-state index >= 15 is 0 Å². The van der Waals surface area contributed by atoms with E-state index in [2.05, 4.69) is 40.0 Å². The number of carbonyl (C=O) groups excluding carboxylic acids is 1. The molecule has 128 valence electrons. The van der Waals surface area contributed by atoms with E-state index in [-0.39, 0.29) is 5.91 Å². The van der Waals surface area contributed by atoms with Crippen LogP contribution < -0.4 is 10.1 Å². The number of halogens is 1. The fourth-order valence-corrected chi connectivity index (χ4v) is 2.82. The molecule has 1 N–H and O–H groups in total. The molecule has 0 radical (unpaired) electrons. The van der Waals surface area contributed by atoms with Crippen LogP contribution in [0.15, 0.2) is 53.0 Å². The molecule has 0 atom stereocenters. The maximum Gasteiger partial charge on any atom is 0.256 e. The molecule has 0 aliphatic heterocycles. The minimum absolute atomic E-state index is 0.165. The molecule has 0 aromatic heterocycles. The molecule has 0 heterocycles. The summed E-state index contributed by atoms with van der Waals surface area (Å²) < 4.78 is 6.64. The molecule has 0 aliphatic rings. The van der Waals surface area contributed by atoms with Crippen molar-refractivity contribution in [2.75, 3.05) is 31.6 Å². The molecule has 0 saturated carbocycles. The molecule has 0 spiro atoms. The van der Waals surface area contributed by atoms with Gasteiger partial charge in [-0.05, 0) is 53.3 Å². The van der Waals surface area contributed by atoms with Crippen LogP contribution in [-0.2, 0) is 0 Å². The highest BCUT2D eigenvalue weighted by molar-refractivity contribution is 9.10. The quantitative estimate of drug-likeness (QED) is 0.724. The maximum atomic E-state index is 12.5. The van der Waals surface area contributed by atoms with Gasteiger partial charge in [0.1, 0.15) is 12.4 Å². The number of para-hydroxylation sites is 2. The second kappa shape index (κ2) is 9.45. The maximum absolute atomic E-state index is 12.5. The third-order valence-electron chi connectivity index (χ3n) is 3.81. The van der Waals surface area contributed by atoms with Crippen LogP contribution in [0.3, 0.4) is 0 Å². The average molecular weight is 391 g/mol. The number of carbonyl (C=O) groups is 1. The van der Waals surface area contributed by atoms with Crippen molar-refractivity contribution in [1.29, 1.82) is 0 Å². The van der Waals surface area contributed by atoms with E-state index in [1.54, 1.807) is 6.07 Å². The predicted octanol–water partition coefficient (Wildman–Crippen LogP) is 4.42. The predicted molar refractivity (Wildman–Crippen MR) is 102 cm³/mol. The van der Waals surface area contributed by atoms with E-state index < -0.39 is 0 Å². The van der Waals surface area contributed by atoms with Gasteiger partial charge in [0.05, 0.1) is 11.3 Å². The summed E-state index contributed by atoms with van der Waals surface area (Å²) in [5, 5.41) is 2.93. The Bertz CT molecular complexity index is 672. The fraction of sp³-hybridized carbons (Fsp3) is 0.316. The Balaban J connectivity index is 2.03. The van der Waals surface area contributed by atoms with Crippen LogP contribution in [-0.4, -0.2) is 37.0 Å². The number of anilines is 1. The Kier molecular flexibility index (Phi) is 7.28. The number of nitrogens with one attached hydrogen (secondary N) is 1. The van der Waals surface area contributed by atoms with Crippen molar-refractivity contribution in [2.24, 2.45) is 0 Å². The highest BCUT2D eigenvalue weighted by Crippen LogP contribution is 2.25. The first-order valence-electron chi connectivity index (χ1n) is 8.15. The van der Waals surface area contributed by atoms with Gasteiger partial charge in [-0.25, -0.2) is 0 Å².